The van der Waals surface area contributed by atoms with E-state index in [-0.39, 0.29) is 11.3 Å². The molecule has 4 nitrogen and oxygen atoms in total. The molecule has 0 heterocycles. The molecule has 1 fully saturated rings. The maximum Gasteiger partial charge on any atom is 0.227 e. The minimum Gasteiger partial charge on any atom is -0.381 e. The molecule has 18 heavy (non-hydrogen) atoms. The minimum atomic E-state index is -0.289. The molecule has 0 atom stereocenters. The van der Waals surface area contributed by atoms with E-state index in [0.29, 0.717) is 13.1 Å². The molecular formula is C14H28N2O2. The summed E-state index contributed by atoms with van der Waals surface area (Å²) in [7, 11) is 0. The average molecular weight is 256 g/mol. The first-order chi connectivity index (χ1) is 8.75. The second kappa shape index (κ2) is 8.48. The summed E-state index contributed by atoms with van der Waals surface area (Å²) in [6, 6.07) is 0. The lowest BCUT2D eigenvalue weighted by Crippen LogP contribution is -2.47. The van der Waals surface area contributed by atoms with Crippen molar-refractivity contribution in [2.45, 2.75) is 51.9 Å². The van der Waals surface area contributed by atoms with Crippen LogP contribution < -0.4 is 11.1 Å². The highest BCUT2D eigenvalue weighted by atomic mass is 16.5. The highest BCUT2D eigenvalue weighted by molar-refractivity contribution is 5.82. The van der Waals surface area contributed by atoms with Gasteiger partial charge in [-0.1, -0.05) is 26.2 Å². The van der Waals surface area contributed by atoms with Crippen LogP contribution in [-0.4, -0.2) is 32.2 Å². The van der Waals surface area contributed by atoms with Crippen molar-refractivity contribution >= 4 is 5.91 Å². The van der Waals surface area contributed by atoms with Gasteiger partial charge in [-0.3, -0.25) is 4.79 Å². The largest absolute Gasteiger partial charge is 0.381 e. The Kier molecular flexibility index (Phi) is 7.28. The summed E-state index contributed by atoms with van der Waals surface area (Å²) in [5.41, 5.74) is 5.53. The first-order valence-corrected chi connectivity index (χ1v) is 7.31. The number of hydrogen-bond donors (Lipinski definition) is 2. The van der Waals surface area contributed by atoms with Gasteiger partial charge in [0.25, 0.3) is 0 Å². The summed E-state index contributed by atoms with van der Waals surface area (Å²) in [5, 5.41) is 3.02. The van der Waals surface area contributed by atoms with E-state index in [1.165, 1.54) is 6.42 Å². The van der Waals surface area contributed by atoms with Crippen molar-refractivity contribution in [1.82, 2.24) is 5.32 Å². The van der Waals surface area contributed by atoms with Crippen molar-refractivity contribution in [2.24, 2.45) is 11.1 Å². The van der Waals surface area contributed by atoms with Gasteiger partial charge in [-0.15, -0.1) is 0 Å². The van der Waals surface area contributed by atoms with Crippen LogP contribution in [0.3, 0.4) is 0 Å². The number of nitrogens with one attached hydrogen (secondary N) is 1. The van der Waals surface area contributed by atoms with Crippen molar-refractivity contribution < 1.29 is 9.53 Å². The van der Waals surface area contributed by atoms with Crippen LogP contribution in [0.1, 0.15) is 51.9 Å². The second-order valence-electron chi connectivity index (χ2n) is 5.27. The van der Waals surface area contributed by atoms with E-state index in [1.807, 2.05) is 0 Å². The van der Waals surface area contributed by atoms with E-state index in [4.69, 9.17) is 10.5 Å². The van der Waals surface area contributed by atoms with Crippen LogP contribution in [0, 0.1) is 5.41 Å². The third-order valence-electron chi connectivity index (χ3n) is 3.78. The van der Waals surface area contributed by atoms with Crippen LogP contribution in [0.4, 0.5) is 0 Å². The third-order valence-corrected chi connectivity index (χ3v) is 3.78. The fourth-order valence-electron chi connectivity index (χ4n) is 2.56. The number of carbonyl (C=O) groups is 1. The standard InChI is InChI=1S/C14H28N2O2/c1-2-10-18-11-6-9-16-13(17)14(12-15)7-4-3-5-8-14/h2-12,15H2,1H3,(H,16,17). The molecule has 0 aromatic rings. The minimum absolute atomic E-state index is 0.153. The fraction of sp³-hybridized carbons (Fsp3) is 0.929. The predicted molar refractivity (Wildman–Crippen MR) is 73.3 cm³/mol. The molecule has 0 saturated heterocycles. The maximum atomic E-state index is 12.2. The molecule has 0 aromatic carbocycles. The third kappa shape index (κ3) is 4.58. The molecule has 0 radical (unpaired) electrons. The first kappa shape index (κ1) is 15.4. The fourth-order valence-corrected chi connectivity index (χ4v) is 2.56. The zero-order chi connectivity index (χ0) is 13.3. The first-order valence-electron chi connectivity index (χ1n) is 7.31. The topological polar surface area (TPSA) is 64.3 Å². The van der Waals surface area contributed by atoms with Crippen molar-refractivity contribution in [1.29, 1.82) is 0 Å². The summed E-state index contributed by atoms with van der Waals surface area (Å²) < 4.78 is 5.39. The number of rotatable bonds is 8. The Labute approximate surface area is 111 Å². The normalized spacial score (nSPS) is 18.6. The zero-order valence-corrected chi connectivity index (χ0v) is 11.7. The molecule has 0 bridgehead atoms. The van der Waals surface area contributed by atoms with E-state index in [9.17, 15) is 4.79 Å². The van der Waals surface area contributed by atoms with Crippen LogP contribution in [0.5, 0.6) is 0 Å². The molecule has 1 rings (SSSR count). The van der Waals surface area contributed by atoms with E-state index in [2.05, 4.69) is 12.2 Å². The van der Waals surface area contributed by atoms with E-state index in [1.54, 1.807) is 0 Å². The van der Waals surface area contributed by atoms with Crippen molar-refractivity contribution in [3.8, 4) is 0 Å². The molecule has 0 spiro atoms. The number of carbonyl (C=O) groups excluding carboxylic acids is 1. The molecule has 1 amide bonds. The number of nitrogens with two attached hydrogens (primary N) is 1. The SMILES string of the molecule is CCCOCCCNC(=O)C1(CN)CCCCC1. The van der Waals surface area contributed by atoms with E-state index < -0.39 is 0 Å². The Balaban J connectivity index is 2.21. The smallest absolute Gasteiger partial charge is 0.227 e. The van der Waals surface area contributed by atoms with Gasteiger partial charge in [-0.05, 0) is 25.7 Å². The van der Waals surface area contributed by atoms with Crippen LogP contribution >= 0.6 is 0 Å². The monoisotopic (exact) mass is 256 g/mol. The molecule has 4 heteroatoms. The summed E-state index contributed by atoms with van der Waals surface area (Å²) in [6.07, 6.45) is 7.31. The lowest BCUT2D eigenvalue weighted by atomic mass is 9.73. The molecule has 1 aliphatic rings. The quantitative estimate of drug-likeness (QED) is 0.651. The Bertz CT molecular complexity index is 238. The number of hydrogen-bond acceptors (Lipinski definition) is 3. The average Bonchev–Trinajstić information content (AvgIpc) is 2.43. The molecule has 0 aromatic heterocycles. The van der Waals surface area contributed by atoms with Gasteiger partial charge in [0.15, 0.2) is 0 Å². The lowest BCUT2D eigenvalue weighted by Gasteiger charge is -2.34. The summed E-state index contributed by atoms with van der Waals surface area (Å²) in [5.74, 6) is 0.153. The second-order valence-corrected chi connectivity index (χ2v) is 5.27. The summed E-state index contributed by atoms with van der Waals surface area (Å²) >= 11 is 0. The Hall–Kier alpha value is -0.610. The predicted octanol–water partition coefficient (Wildman–Crippen LogP) is 1.83. The molecule has 0 aliphatic heterocycles. The van der Waals surface area contributed by atoms with Gasteiger partial charge in [0, 0.05) is 26.3 Å². The Morgan fingerprint density at radius 1 is 1.28 bits per heavy atom. The zero-order valence-electron chi connectivity index (χ0n) is 11.7. The number of ether oxygens (including phenoxy) is 1. The molecule has 1 saturated carbocycles. The van der Waals surface area contributed by atoms with Gasteiger partial charge in [-0.25, -0.2) is 0 Å². The van der Waals surface area contributed by atoms with Gasteiger partial charge in [0.05, 0.1) is 5.41 Å². The maximum absolute atomic E-state index is 12.2. The van der Waals surface area contributed by atoms with Crippen LogP contribution in [0.2, 0.25) is 0 Å². The van der Waals surface area contributed by atoms with Gasteiger partial charge < -0.3 is 15.8 Å². The van der Waals surface area contributed by atoms with Gasteiger partial charge >= 0.3 is 0 Å². The Morgan fingerprint density at radius 2 is 2.00 bits per heavy atom. The van der Waals surface area contributed by atoms with Crippen LogP contribution in [-0.2, 0) is 9.53 Å². The van der Waals surface area contributed by atoms with Crippen LogP contribution in [0.15, 0.2) is 0 Å². The highest BCUT2D eigenvalue weighted by Gasteiger charge is 2.37. The molecule has 1 aliphatic carbocycles. The Morgan fingerprint density at radius 3 is 2.61 bits per heavy atom. The summed E-state index contributed by atoms with van der Waals surface area (Å²) in [4.78, 5) is 12.2. The van der Waals surface area contributed by atoms with Crippen molar-refractivity contribution in [2.75, 3.05) is 26.3 Å². The van der Waals surface area contributed by atoms with Gasteiger partial charge in [0.1, 0.15) is 0 Å². The van der Waals surface area contributed by atoms with Crippen molar-refractivity contribution in [3.05, 3.63) is 0 Å². The number of amides is 1. The van der Waals surface area contributed by atoms with E-state index in [0.717, 1.165) is 51.7 Å². The van der Waals surface area contributed by atoms with E-state index >= 15 is 0 Å². The van der Waals surface area contributed by atoms with Gasteiger partial charge in [-0.2, -0.15) is 0 Å². The van der Waals surface area contributed by atoms with Crippen molar-refractivity contribution in [3.63, 3.8) is 0 Å². The van der Waals surface area contributed by atoms with Crippen LogP contribution in [0.25, 0.3) is 0 Å². The summed E-state index contributed by atoms with van der Waals surface area (Å²) in [6.45, 7) is 4.80. The molecular weight excluding hydrogens is 228 g/mol. The lowest BCUT2D eigenvalue weighted by molar-refractivity contribution is -0.132. The molecule has 3 N–H and O–H groups in total. The molecule has 106 valence electrons. The van der Waals surface area contributed by atoms with Gasteiger partial charge in [0.2, 0.25) is 5.91 Å². The highest BCUT2D eigenvalue weighted by Crippen LogP contribution is 2.35. The molecule has 0 unspecified atom stereocenters.